The lowest BCUT2D eigenvalue weighted by Gasteiger charge is -2.31. The molecule has 2 aromatic heterocycles. The second kappa shape index (κ2) is 7.77. The molecule has 1 aliphatic rings. The Kier molecular flexibility index (Phi) is 5.35. The van der Waals surface area contributed by atoms with Crippen molar-refractivity contribution in [2.24, 2.45) is 5.92 Å². The van der Waals surface area contributed by atoms with Crippen molar-refractivity contribution in [1.29, 1.82) is 0 Å². The normalized spacial score (nSPS) is 18.4. The summed E-state index contributed by atoms with van der Waals surface area (Å²) < 4.78 is 33.2. The van der Waals surface area contributed by atoms with Gasteiger partial charge in [-0.1, -0.05) is 11.2 Å². The molecular formula is C20H23N3O3S2. The molecule has 0 bridgehead atoms. The number of sulfonamides is 1. The van der Waals surface area contributed by atoms with E-state index < -0.39 is 10.0 Å². The first-order valence-corrected chi connectivity index (χ1v) is 11.7. The van der Waals surface area contributed by atoms with Crippen LogP contribution >= 0.6 is 11.3 Å². The third kappa shape index (κ3) is 3.90. The number of hydrogen-bond acceptors (Lipinski definition) is 6. The fraction of sp³-hybridized carbons (Fsp3) is 0.400. The monoisotopic (exact) mass is 417 g/mol. The summed E-state index contributed by atoms with van der Waals surface area (Å²) in [7, 11) is -3.49. The van der Waals surface area contributed by atoms with Gasteiger partial charge in [-0.25, -0.2) is 8.42 Å². The van der Waals surface area contributed by atoms with E-state index in [1.807, 2.05) is 36.7 Å². The number of benzene rings is 1. The van der Waals surface area contributed by atoms with Crippen molar-refractivity contribution < 1.29 is 12.9 Å². The molecule has 0 amide bonds. The minimum absolute atomic E-state index is 0.172. The highest BCUT2D eigenvalue weighted by Crippen LogP contribution is 2.27. The van der Waals surface area contributed by atoms with Gasteiger partial charge in [-0.2, -0.15) is 20.6 Å². The molecule has 4 rings (SSSR count). The Balaban J connectivity index is 1.47. The molecule has 28 heavy (non-hydrogen) atoms. The van der Waals surface area contributed by atoms with E-state index in [0.717, 1.165) is 29.5 Å². The second-order valence-corrected chi connectivity index (χ2v) is 10.1. The zero-order valence-electron chi connectivity index (χ0n) is 16.0. The maximum atomic E-state index is 13.1. The lowest BCUT2D eigenvalue weighted by Crippen LogP contribution is -2.40. The summed E-state index contributed by atoms with van der Waals surface area (Å²) in [6.07, 6.45) is 2.38. The maximum Gasteiger partial charge on any atom is 0.243 e. The fourth-order valence-electron chi connectivity index (χ4n) is 3.53. The molecule has 0 spiro atoms. The number of aryl methyl sites for hydroxylation is 2. The van der Waals surface area contributed by atoms with Crippen LogP contribution in [0.5, 0.6) is 0 Å². The van der Waals surface area contributed by atoms with Crippen LogP contribution in [-0.2, 0) is 16.4 Å². The Morgan fingerprint density at radius 3 is 2.86 bits per heavy atom. The van der Waals surface area contributed by atoms with Crippen LogP contribution in [0, 0.1) is 19.8 Å². The number of rotatable bonds is 5. The molecule has 3 heterocycles. The maximum absolute atomic E-state index is 13.1. The van der Waals surface area contributed by atoms with Crippen molar-refractivity contribution in [3.63, 3.8) is 0 Å². The van der Waals surface area contributed by atoms with Gasteiger partial charge in [-0.15, -0.1) is 0 Å². The summed E-state index contributed by atoms with van der Waals surface area (Å²) in [6, 6.07) is 7.29. The van der Waals surface area contributed by atoms with Gasteiger partial charge in [0.25, 0.3) is 0 Å². The Morgan fingerprint density at radius 1 is 1.25 bits per heavy atom. The van der Waals surface area contributed by atoms with E-state index in [1.165, 1.54) is 0 Å². The van der Waals surface area contributed by atoms with Crippen LogP contribution in [0.25, 0.3) is 11.4 Å². The third-order valence-electron chi connectivity index (χ3n) is 5.31. The zero-order valence-corrected chi connectivity index (χ0v) is 17.6. The van der Waals surface area contributed by atoms with E-state index in [1.54, 1.807) is 27.8 Å². The predicted molar refractivity (Wildman–Crippen MR) is 109 cm³/mol. The van der Waals surface area contributed by atoms with E-state index >= 15 is 0 Å². The SMILES string of the molecule is Cc1ccc(S(=O)(=O)N2CCCC(Cc3nc(-c4ccsc4)no3)C2)cc1C. The van der Waals surface area contributed by atoms with E-state index in [9.17, 15) is 8.42 Å². The molecule has 1 unspecified atom stereocenters. The number of hydrogen-bond donors (Lipinski definition) is 0. The largest absolute Gasteiger partial charge is 0.339 e. The molecule has 1 fully saturated rings. The average molecular weight is 418 g/mol. The van der Waals surface area contributed by atoms with Crippen LogP contribution in [0.2, 0.25) is 0 Å². The van der Waals surface area contributed by atoms with Crippen molar-refractivity contribution in [3.8, 4) is 11.4 Å². The average Bonchev–Trinajstić information content (AvgIpc) is 3.36. The molecule has 6 nitrogen and oxygen atoms in total. The van der Waals surface area contributed by atoms with Gasteiger partial charge in [0.2, 0.25) is 21.7 Å². The second-order valence-electron chi connectivity index (χ2n) is 7.35. The van der Waals surface area contributed by atoms with Crippen LogP contribution in [0.1, 0.15) is 29.9 Å². The first-order chi connectivity index (χ1) is 13.4. The van der Waals surface area contributed by atoms with Crippen molar-refractivity contribution in [2.45, 2.75) is 38.0 Å². The Bertz CT molecular complexity index is 1060. The standard InChI is InChI=1S/C20H23N3O3S2/c1-14-5-6-18(10-15(14)2)28(24,25)23-8-3-4-16(12-23)11-19-21-20(22-26-19)17-7-9-27-13-17/h5-7,9-10,13,16H,3-4,8,11-12H2,1-2H3. The summed E-state index contributed by atoms with van der Waals surface area (Å²) in [5.41, 5.74) is 3.03. The Labute approximate surface area is 169 Å². The molecule has 0 aliphatic carbocycles. The first kappa shape index (κ1) is 19.3. The minimum Gasteiger partial charge on any atom is -0.339 e. The highest BCUT2D eigenvalue weighted by molar-refractivity contribution is 7.89. The van der Waals surface area contributed by atoms with E-state index in [0.29, 0.717) is 36.1 Å². The van der Waals surface area contributed by atoms with Gasteiger partial charge in [-0.3, -0.25) is 0 Å². The van der Waals surface area contributed by atoms with Crippen LogP contribution in [0.4, 0.5) is 0 Å². The number of nitrogens with zero attached hydrogens (tertiary/aromatic N) is 3. The summed E-state index contributed by atoms with van der Waals surface area (Å²) in [6.45, 7) is 4.95. The van der Waals surface area contributed by atoms with E-state index in [2.05, 4.69) is 10.1 Å². The van der Waals surface area contributed by atoms with Crippen LogP contribution in [-0.4, -0.2) is 36.0 Å². The molecule has 0 radical (unpaired) electrons. The summed E-state index contributed by atoms with van der Waals surface area (Å²) in [4.78, 5) is 4.84. The van der Waals surface area contributed by atoms with Crippen LogP contribution in [0.15, 0.2) is 44.4 Å². The Hall–Kier alpha value is -2.03. The molecule has 0 N–H and O–H groups in total. The molecule has 1 aliphatic heterocycles. The summed E-state index contributed by atoms with van der Waals surface area (Å²) in [5.74, 6) is 1.33. The highest BCUT2D eigenvalue weighted by atomic mass is 32.2. The van der Waals surface area contributed by atoms with Gasteiger partial charge < -0.3 is 4.52 Å². The molecule has 148 valence electrons. The number of thiophene rings is 1. The molecule has 1 saturated heterocycles. The van der Waals surface area contributed by atoms with Crippen molar-refractivity contribution in [2.75, 3.05) is 13.1 Å². The molecule has 0 saturated carbocycles. The van der Waals surface area contributed by atoms with Gasteiger partial charge in [0, 0.05) is 30.5 Å². The van der Waals surface area contributed by atoms with Crippen molar-refractivity contribution >= 4 is 21.4 Å². The van der Waals surface area contributed by atoms with Crippen LogP contribution in [0.3, 0.4) is 0 Å². The molecule has 8 heteroatoms. The molecule has 3 aromatic rings. The van der Waals surface area contributed by atoms with Crippen LogP contribution < -0.4 is 0 Å². The quantitative estimate of drug-likeness (QED) is 0.626. The lowest BCUT2D eigenvalue weighted by molar-refractivity contribution is 0.247. The van der Waals surface area contributed by atoms with Gasteiger partial charge in [0.1, 0.15) is 0 Å². The predicted octanol–water partition coefficient (Wildman–Crippen LogP) is 4.06. The molecular weight excluding hydrogens is 394 g/mol. The van der Waals surface area contributed by atoms with E-state index in [4.69, 9.17) is 4.52 Å². The molecule has 1 atom stereocenters. The summed E-state index contributed by atoms with van der Waals surface area (Å²) in [5, 5.41) is 8.00. The molecule has 1 aromatic carbocycles. The lowest BCUT2D eigenvalue weighted by atomic mass is 9.96. The first-order valence-electron chi connectivity index (χ1n) is 9.36. The van der Waals surface area contributed by atoms with E-state index in [-0.39, 0.29) is 5.92 Å². The van der Waals surface area contributed by atoms with Gasteiger partial charge >= 0.3 is 0 Å². The van der Waals surface area contributed by atoms with Gasteiger partial charge in [0.05, 0.1) is 4.90 Å². The highest BCUT2D eigenvalue weighted by Gasteiger charge is 2.31. The number of piperidine rings is 1. The minimum atomic E-state index is -3.49. The zero-order chi connectivity index (χ0) is 19.7. The number of aromatic nitrogens is 2. The Morgan fingerprint density at radius 2 is 2.11 bits per heavy atom. The third-order valence-corrected chi connectivity index (χ3v) is 7.85. The van der Waals surface area contributed by atoms with Gasteiger partial charge in [-0.05, 0) is 67.3 Å². The van der Waals surface area contributed by atoms with Gasteiger partial charge in [0.15, 0.2) is 0 Å². The fourth-order valence-corrected chi connectivity index (χ4v) is 5.80. The van der Waals surface area contributed by atoms with Crippen molar-refractivity contribution in [1.82, 2.24) is 14.4 Å². The smallest absolute Gasteiger partial charge is 0.243 e. The topological polar surface area (TPSA) is 76.3 Å². The van der Waals surface area contributed by atoms with Crippen molar-refractivity contribution in [3.05, 3.63) is 52.0 Å². The summed E-state index contributed by atoms with van der Waals surface area (Å²) >= 11 is 1.59.